The summed E-state index contributed by atoms with van der Waals surface area (Å²) in [6.45, 7) is 0.474. The van der Waals surface area contributed by atoms with Gasteiger partial charge in [-0.05, 0) is 42.5 Å². The van der Waals surface area contributed by atoms with Gasteiger partial charge in [-0.3, -0.25) is 9.59 Å². The van der Waals surface area contributed by atoms with Crippen molar-refractivity contribution < 1.29 is 9.59 Å². The van der Waals surface area contributed by atoms with Crippen molar-refractivity contribution in [1.82, 2.24) is 14.9 Å². The Morgan fingerprint density at radius 1 is 1.00 bits per heavy atom. The maximum atomic E-state index is 12.7. The Morgan fingerprint density at radius 3 is 2.59 bits per heavy atom. The van der Waals surface area contributed by atoms with Gasteiger partial charge in [0, 0.05) is 23.1 Å². The molecule has 6 nitrogen and oxygen atoms in total. The maximum Gasteiger partial charge on any atom is 0.252 e. The molecule has 2 amide bonds. The third-order valence-electron chi connectivity index (χ3n) is 4.90. The highest BCUT2D eigenvalue weighted by molar-refractivity contribution is 9.10. The van der Waals surface area contributed by atoms with Crippen molar-refractivity contribution in [2.75, 3.05) is 11.9 Å². The summed E-state index contributed by atoms with van der Waals surface area (Å²) in [5.41, 5.74) is 2.80. The number of nitrogens with zero attached hydrogens (tertiary/aromatic N) is 2. The molecule has 0 atom stereocenters. The molecule has 0 unspecified atom stereocenters. The molecule has 0 bridgehead atoms. The van der Waals surface area contributed by atoms with Crippen molar-refractivity contribution in [3.05, 3.63) is 93.7 Å². The number of halogens is 2. The van der Waals surface area contributed by atoms with Crippen molar-refractivity contribution in [3.63, 3.8) is 0 Å². The fraction of sp³-hybridized carbons (Fsp3) is 0.125. The van der Waals surface area contributed by atoms with Crippen LogP contribution >= 0.6 is 27.5 Å². The monoisotopic (exact) mass is 510 g/mol. The first-order valence-electron chi connectivity index (χ1n) is 10.0. The second-order valence-electron chi connectivity index (χ2n) is 7.15. The van der Waals surface area contributed by atoms with Crippen LogP contribution in [0.2, 0.25) is 5.02 Å². The average Bonchev–Trinajstić information content (AvgIpc) is 3.11. The van der Waals surface area contributed by atoms with E-state index in [4.69, 9.17) is 11.6 Å². The number of carbonyl (C=O) groups is 2. The Hall–Kier alpha value is -3.16. The van der Waals surface area contributed by atoms with Crippen LogP contribution in [0.4, 0.5) is 5.69 Å². The van der Waals surface area contributed by atoms with Crippen LogP contribution in [0.5, 0.6) is 0 Å². The largest absolute Gasteiger partial charge is 0.352 e. The number of amides is 2. The summed E-state index contributed by atoms with van der Waals surface area (Å²) in [7, 11) is 0. The summed E-state index contributed by atoms with van der Waals surface area (Å²) < 4.78 is 2.77. The fourth-order valence-electron chi connectivity index (χ4n) is 3.43. The lowest BCUT2D eigenvalue weighted by Gasteiger charge is -2.11. The molecule has 162 valence electrons. The van der Waals surface area contributed by atoms with Crippen LogP contribution in [0, 0.1) is 0 Å². The number of rotatable bonds is 7. The van der Waals surface area contributed by atoms with Crippen LogP contribution in [0.3, 0.4) is 0 Å². The minimum absolute atomic E-state index is 0.112. The number of nitrogens with one attached hydrogen (secondary N) is 2. The lowest BCUT2D eigenvalue weighted by molar-refractivity contribution is -0.116. The Kier molecular flexibility index (Phi) is 6.87. The van der Waals surface area contributed by atoms with Gasteiger partial charge in [0.25, 0.3) is 5.91 Å². The zero-order valence-corrected chi connectivity index (χ0v) is 19.4. The van der Waals surface area contributed by atoms with Gasteiger partial charge in [-0.1, -0.05) is 57.9 Å². The molecule has 0 aliphatic carbocycles. The number of para-hydroxylation sites is 2. The molecule has 0 saturated carbocycles. The third-order valence-corrected chi connectivity index (χ3v) is 5.72. The van der Waals surface area contributed by atoms with E-state index >= 15 is 0 Å². The molecular weight excluding hydrogens is 492 g/mol. The van der Waals surface area contributed by atoms with Gasteiger partial charge in [-0.2, -0.15) is 0 Å². The molecule has 0 saturated heterocycles. The Bertz CT molecular complexity index is 1290. The molecule has 8 heteroatoms. The molecule has 0 spiro atoms. The number of hydrogen-bond donors (Lipinski definition) is 2. The molecule has 32 heavy (non-hydrogen) atoms. The Labute approximate surface area is 198 Å². The first-order chi connectivity index (χ1) is 15.5. The van der Waals surface area contributed by atoms with E-state index in [1.54, 1.807) is 24.3 Å². The normalized spacial score (nSPS) is 10.8. The van der Waals surface area contributed by atoms with Crippen molar-refractivity contribution in [2.45, 2.75) is 13.0 Å². The highest BCUT2D eigenvalue weighted by Gasteiger charge is 2.15. The van der Waals surface area contributed by atoms with Gasteiger partial charge in [0.05, 0.1) is 21.6 Å². The van der Waals surface area contributed by atoms with Crippen LogP contribution in [0.1, 0.15) is 16.2 Å². The highest BCUT2D eigenvalue weighted by Crippen LogP contribution is 2.19. The first kappa shape index (κ1) is 22.0. The van der Waals surface area contributed by atoms with Gasteiger partial charge < -0.3 is 15.2 Å². The Morgan fingerprint density at radius 2 is 1.78 bits per heavy atom. The quantitative estimate of drug-likeness (QED) is 0.364. The van der Waals surface area contributed by atoms with Gasteiger partial charge in [-0.15, -0.1) is 0 Å². The van der Waals surface area contributed by atoms with E-state index in [1.165, 1.54) is 0 Å². The topological polar surface area (TPSA) is 76.0 Å². The summed E-state index contributed by atoms with van der Waals surface area (Å²) >= 11 is 9.51. The van der Waals surface area contributed by atoms with E-state index in [0.29, 0.717) is 29.2 Å². The number of fused-ring (bicyclic) bond motifs is 1. The van der Waals surface area contributed by atoms with E-state index in [2.05, 4.69) is 31.5 Å². The second kappa shape index (κ2) is 9.97. The van der Waals surface area contributed by atoms with Gasteiger partial charge in [-0.25, -0.2) is 4.98 Å². The number of hydrogen-bond acceptors (Lipinski definition) is 3. The summed E-state index contributed by atoms with van der Waals surface area (Å²) in [5, 5.41) is 6.19. The number of carbonyl (C=O) groups excluding carboxylic acids is 2. The number of anilines is 1. The van der Waals surface area contributed by atoms with Crippen LogP contribution < -0.4 is 10.6 Å². The zero-order chi connectivity index (χ0) is 22.5. The number of benzene rings is 3. The predicted molar refractivity (Wildman–Crippen MR) is 130 cm³/mol. The lowest BCUT2D eigenvalue weighted by Crippen LogP contribution is -2.27. The van der Waals surface area contributed by atoms with E-state index < -0.39 is 0 Å². The maximum absolute atomic E-state index is 12.7. The van der Waals surface area contributed by atoms with Gasteiger partial charge in [0.1, 0.15) is 12.4 Å². The molecule has 0 radical (unpaired) electrons. The van der Waals surface area contributed by atoms with Crippen LogP contribution in [0.25, 0.3) is 11.0 Å². The standard InChI is InChI=1S/C24H20BrClN4O2/c25-16-6-5-7-17(14-16)28-23(31)15-30-21-11-4-3-10-20(21)29-22(30)12-13-27-24(32)18-8-1-2-9-19(18)26/h1-11,14H,12-13,15H2,(H,27,32)(H,28,31). The van der Waals surface area contributed by atoms with Crippen LogP contribution in [-0.2, 0) is 17.8 Å². The predicted octanol–water partition coefficient (Wildman–Crippen LogP) is 5.06. The Balaban J connectivity index is 1.48. The van der Waals surface area contributed by atoms with Gasteiger partial charge in [0.15, 0.2) is 0 Å². The first-order valence-corrected chi connectivity index (χ1v) is 11.2. The van der Waals surface area contributed by atoms with Crippen molar-refractivity contribution >= 4 is 56.1 Å². The number of aromatic nitrogens is 2. The minimum Gasteiger partial charge on any atom is -0.352 e. The summed E-state index contributed by atoms with van der Waals surface area (Å²) in [5.74, 6) is 0.313. The summed E-state index contributed by atoms with van der Waals surface area (Å²) in [6.07, 6.45) is 0.467. The van der Waals surface area contributed by atoms with Crippen LogP contribution in [0.15, 0.2) is 77.3 Å². The van der Waals surface area contributed by atoms with Gasteiger partial charge >= 0.3 is 0 Å². The smallest absolute Gasteiger partial charge is 0.252 e. The molecule has 1 heterocycles. The minimum atomic E-state index is -0.245. The van der Waals surface area contributed by atoms with E-state index in [1.807, 2.05) is 53.1 Å². The molecule has 1 aromatic heterocycles. The van der Waals surface area contributed by atoms with Crippen molar-refractivity contribution in [3.8, 4) is 0 Å². The molecular formula is C24H20BrClN4O2. The molecule has 4 aromatic rings. The zero-order valence-electron chi connectivity index (χ0n) is 17.0. The average molecular weight is 512 g/mol. The molecule has 0 fully saturated rings. The molecule has 3 aromatic carbocycles. The van der Waals surface area contributed by atoms with E-state index in [0.717, 1.165) is 21.3 Å². The van der Waals surface area contributed by atoms with Crippen molar-refractivity contribution in [2.24, 2.45) is 0 Å². The van der Waals surface area contributed by atoms with Crippen molar-refractivity contribution in [1.29, 1.82) is 0 Å². The molecule has 0 aliphatic heterocycles. The van der Waals surface area contributed by atoms with Gasteiger partial charge in [0.2, 0.25) is 5.91 Å². The summed E-state index contributed by atoms with van der Waals surface area (Å²) in [4.78, 5) is 29.8. The van der Waals surface area contributed by atoms with E-state index in [9.17, 15) is 9.59 Å². The second-order valence-corrected chi connectivity index (χ2v) is 8.47. The highest BCUT2D eigenvalue weighted by atomic mass is 79.9. The SMILES string of the molecule is O=C(Cn1c(CCNC(=O)c2ccccc2Cl)nc2ccccc21)Nc1cccc(Br)c1. The molecule has 0 aliphatic rings. The summed E-state index contributed by atoms with van der Waals surface area (Å²) in [6, 6.07) is 22.0. The molecule has 4 rings (SSSR count). The fourth-order valence-corrected chi connectivity index (χ4v) is 4.05. The third kappa shape index (κ3) is 5.18. The molecule has 2 N–H and O–H groups in total. The lowest BCUT2D eigenvalue weighted by atomic mass is 10.2. The van der Waals surface area contributed by atoms with E-state index in [-0.39, 0.29) is 18.4 Å². The van der Waals surface area contributed by atoms with Crippen LogP contribution in [-0.4, -0.2) is 27.9 Å². The number of imidazole rings is 1.